The first-order valence-electron chi connectivity index (χ1n) is 41.8. The lowest BCUT2D eigenvalue weighted by Crippen LogP contribution is -2.65. The number of aromatic hydroxyl groups is 2. The Kier molecular flexibility index (Phi) is 36.9. The molecule has 50 heteroatoms. The van der Waals surface area contributed by atoms with Gasteiger partial charge in [-0.2, -0.15) is 0 Å². The number of nitrogens with one attached hydrogen (secondary N) is 15. The molecular formula is C80H110FN23O26. The molecular weight excluding hydrogens is 1720 g/mol. The Morgan fingerprint density at radius 1 is 0.700 bits per heavy atom. The van der Waals surface area contributed by atoms with Crippen molar-refractivity contribution < 1.29 is 132 Å². The van der Waals surface area contributed by atoms with Crippen LogP contribution in [-0.4, -0.2) is 312 Å². The number of carbonyl (C=O) groups excluding carboxylic acids is 16. The van der Waals surface area contributed by atoms with Crippen molar-refractivity contribution >= 4 is 152 Å². The lowest BCUT2D eigenvalue weighted by molar-refractivity contribution is -0.674. The number of hydroxylamine groups is 4. The Morgan fingerprint density at radius 3 is 1.95 bits per heavy atom. The average molecular weight is 1830 g/mol. The average Bonchev–Trinajstić information content (AvgIpc) is 0.753. The van der Waals surface area contributed by atoms with E-state index in [-0.39, 0.29) is 209 Å². The normalized spacial score (nSPS) is 18.4. The van der Waals surface area contributed by atoms with E-state index in [4.69, 9.17) is 11.1 Å². The molecule has 2 unspecified atom stereocenters. The maximum Gasteiger partial charge on any atom is 0.299 e. The van der Waals surface area contributed by atoms with E-state index in [1.54, 1.807) is 4.90 Å². The number of carbonyl (C=O) groups is 16. The highest BCUT2D eigenvalue weighted by Gasteiger charge is 2.43. The topological polar surface area (TPSA) is 728 Å². The highest BCUT2D eigenvalue weighted by atomic mass is 19.1. The van der Waals surface area contributed by atoms with Crippen LogP contribution < -0.4 is 100 Å². The van der Waals surface area contributed by atoms with Gasteiger partial charge in [-0.3, -0.25) is 97.9 Å². The Labute approximate surface area is 740 Å². The smallest absolute Gasteiger partial charge is 0.299 e. The Hall–Kier alpha value is -13.9. The van der Waals surface area contributed by atoms with Gasteiger partial charge in [0.1, 0.15) is 70.5 Å². The number of carboxylic acid groups (broad SMARTS) is 1. The fourth-order valence-corrected chi connectivity index (χ4v) is 14.7. The van der Waals surface area contributed by atoms with Crippen LogP contribution in [0.1, 0.15) is 127 Å². The summed E-state index contributed by atoms with van der Waals surface area (Å²) in [6.45, 7) is 0.607. The number of piperazine rings is 1. The summed E-state index contributed by atoms with van der Waals surface area (Å²) in [5.74, 6) is -16.3. The summed E-state index contributed by atoms with van der Waals surface area (Å²) in [6.07, 6.45) is -5.33. The zero-order valence-electron chi connectivity index (χ0n) is 71.6. The molecule has 6 heterocycles. The van der Waals surface area contributed by atoms with E-state index < -0.39 is 216 Å². The molecule has 0 saturated carbocycles. The number of aliphatic hydroxyl groups excluding tert-OH is 4. The minimum absolute atomic E-state index is 0.00457. The SMILES string of the molecule is CC(O)[C@@H]1NC(=O)[C@H](CCCN(O)C=O)NC(=O)[C@@H](NC(=O)[C@](C)(CCCN(O)C=O)NC(=O)[C@@H](CO)NC(=O)[C@H](CCCNC(=N)N)NC(=O)[C@@H](CO)NC(=O)[C@@H]2CCNc3c(NC(=O)CCC(=O)NCCNC(=O)CCC(=O)N4CCN(c5cc6nc7c(cc6cc5F)c(=O)c(C(=O)[O-])cn7C)CC4)cc4cc(O)c(O)cc4[n+]32)CCCCNC(=O)[C@@H](C(C)O)NC1=O. The lowest BCUT2D eigenvalue weighted by atomic mass is 9.92. The summed E-state index contributed by atoms with van der Waals surface area (Å²) >= 11 is 0. The molecule has 0 aliphatic carbocycles. The number of aliphatic hydroxyl groups is 4. The number of phenolic OH excluding ortho intramolecular Hbond substituents is 2. The largest absolute Gasteiger partial charge is 0.545 e. The number of hydrogen-bond donors (Lipinski definition) is 24. The lowest BCUT2D eigenvalue weighted by Gasteiger charge is -2.36. The molecule has 49 nitrogen and oxygen atoms in total. The summed E-state index contributed by atoms with van der Waals surface area (Å²) in [4.78, 5) is 236. The molecule has 2 saturated heterocycles. The standard InChI is InChI=1S/C80H110FN23O26/c1-41(109)64-75(124)87-19-6-5-10-50(70(119)91-49(12-8-24-102(129)39-107)71(120)96-65(42(2)110)76(125)97-64)95-78(128)80(3,18-9-25-103(130)40-108)98-73(122)54(38-106)93-69(118)48(11-7-20-88-79(82)83)92-72(121)53(37-105)94-74(123)55-17-21-86-68-52(32-44-33-58(111)59(112)35-56(44)104(55)68)89-62(115)14-13-60(113)84-22-23-85-61(114)15-16-63(116)101-28-26-100(27-29-101)57-34-51-43(31-47(57)81)30-45-66(117)46(77(126)127)36-99(4)67(45)90-51/h30-36,39-42,48-50,53-55,64-65,105-106,109-110,129-130H,5-29,37-38H2,1-4H3,(H19,82,83,84,85,86,87,88,89,91,92,93,94,95,96,97,98,111,112,113,114,115,118,119,120,121,122,123,124,125,126,127,128)/t41?,42?,48-,49-,50-,53+,54+,55-,64+,65-,80-/m0/s1. The van der Waals surface area contributed by atoms with Gasteiger partial charge in [-0.1, -0.05) is 0 Å². The molecule has 708 valence electrons. The van der Waals surface area contributed by atoms with Gasteiger partial charge in [-0.15, -0.1) is 0 Å². The van der Waals surface area contributed by atoms with Gasteiger partial charge < -0.3 is 130 Å². The van der Waals surface area contributed by atoms with Crippen LogP contribution in [0.3, 0.4) is 0 Å². The predicted molar refractivity (Wildman–Crippen MR) is 451 cm³/mol. The summed E-state index contributed by atoms with van der Waals surface area (Å²) in [5, 5.41) is 139. The first kappa shape index (κ1) is 102. The molecule has 8 rings (SSSR count). The fourth-order valence-electron chi connectivity index (χ4n) is 14.7. The van der Waals surface area contributed by atoms with Crippen LogP contribution in [0.15, 0.2) is 47.4 Å². The van der Waals surface area contributed by atoms with Crippen molar-refractivity contribution in [3.63, 3.8) is 0 Å². The van der Waals surface area contributed by atoms with Crippen LogP contribution >= 0.6 is 0 Å². The van der Waals surface area contributed by atoms with E-state index >= 15 is 4.39 Å². The monoisotopic (exact) mass is 1830 g/mol. The van der Waals surface area contributed by atoms with Crippen LogP contribution in [0.4, 0.5) is 21.6 Å². The number of halogens is 1. The maximum atomic E-state index is 15.6. The molecule has 0 spiro atoms. The number of benzene rings is 2. The molecule has 15 amide bonds. The zero-order chi connectivity index (χ0) is 95.5. The number of guanidine groups is 1. The van der Waals surface area contributed by atoms with Crippen molar-refractivity contribution in [2.45, 2.75) is 177 Å². The molecule has 11 atom stereocenters. The molecule has 0 radical (unpaired) electrons. The van der Waals surface area contributed by atoms with Crippen molar-refractivity contribution in [3.05, 3.63) is 64.2 Å². The second-order valence-corrected chi connectivity index (χ2v) is 31.6. The number of carboxylic acids is 1. The van der Waals surface area contributed by atoms with E-state index in [1.807, 2.05) is 0 Å². The molecule has 130 heavy (non-hydrogen) atoms. The van der Waals surface area contributed by atoms with Crippen LogP contribution in [0.2, 0.25) is 0 Å². The predicted octanol–water partition coefficient (Wildman–Crippen LogP) is -8.29. The number of hydrogen-bond acceptors (Lipinski definition) is 30. The second-order valence-electron chi connectivity index (χ2n) is 31.6. The third kappa shape index (κ3) is 27.6. The molecule has 5 aromatic rings. The molecule has 3 aromatic heterocycles. The van der Waals surface area contributed by atoms with Gasteiger partial charge in [0.2, 0.25) is 83.7 Å². The number of aryl methyl sites for hydroxylation is 1. The second kappa shape index (κ2) is 47.3. The molecule has 2 aromatic carbocycles. The molecule has 0 bridgehead atoms. The van der Waals surface area contributed by atoms with E-state index in [0.29, 0.717) is 5.52 Å². The van der Waals surface area contributed by atoms with Crippen molar-refractivity contribution in [2.24, 2.45) is 12.8 Å². The van der Waals surface area contributed by atoms with E-state index in [2.05, 4.69) is 79.4 Å². The van der Waals surface area contributed by atoms with Crippen molar-refractivity contribution in [2.75, 3.05) is 101 Å². The van der Waals surface area contributed by atoms with E-state index in [0.717, 1.165) is 32.2 Å². The van der Waals surface area contributed by atoms with Crippen LogP contribution in [-0.2, 0) is 79.0 Å². The molecule has 2 fully saturated rings. The number of phenols is 2. The summed E-state index contributed by atoms with van der Waals surface area (Å²) < 4.78 is 18.3. The number of nitrogens with two attached hydrogens (primary N) is 1. The van der Waals surface area contributed by atoms with Gasteiger partial charge in [0.05, 0.1) is 60.1 Å². The number of amides is 15. The Balaban J connectivity index is 0.883. The van der Waals surface area contributed by atoms with Crippen LogP contribution in [0.25, 0.3) is 32.8 Å². The summed E-state index contributed by atoms with van der Waals surface area (Å²) in [7, 11) is 1.51. The van der Waals surface area contributed by atoms with Gasteiger partial charge in [-0.05, 0) is 109 Å². The van der Waals surface area contributed by atoms with Gasteiger partial charge in [0.25, 0.3) is 11.7 Å². The van der Waals surface area contributed by atoms with Crippen molar-refractivity contribution in [3.8, 4) is 11.5 Å². The minimum Gasteiger partial charge on any atom is -0.545 e. The quantitative estimate of drug-likeness (QED) is 0.00199. The first-order chi connectivity index (χ1) is 61.7. The zero-order valence-corrected chi connectivity index (χ0v) is 71.6. The molecule has 25 N–H and O–H groups in total. The number of nitrogens with zero attached hydrogens (tertiary/aromatic N) is 7. The summed E-state index contributed by atoms with van der Waals surface area (Å²) in [5.41, 5.74) is 2.60. The van der Waals surface area contributed by atoms with Crippen molar-refractivity contribution in [1.82, 2.24) is 88.4 Å². The first-order valence-corrected chi connectivity index (χ1v) is 41.8. The van der Waals surface area contributed by atoms with E-state index in [9.17, 15) is 128 Å². The van der Waals surface area contributed by atoms with Crippen LogP contribution in [0, 0.1) is 11.2 Å². The number of aromatic carboxylic acids is 1. The van der Waals surface area contributed by atoms with Gasteiger partial charge in [-0.25, -0.2) is 24.1 Å². The Bertz CT molecular complexity index is 5130. The Morgan fingerprint density at radius 2 is 1.31 bits per heavy atom. The van der Waals surface area contributed by atoms with Crippen molar-refractivity contribution in [1.29, 1.82) is 5.41 Å². The van der Waals surface area contributed by atoms with E-state index in [1.165, 1.54) is 52.3 Å². The third-order valence-corrected chi connectivity index (χ3v) is 21.8. The van der Waals surface area contributed by atoms with Gasteiger partial charge >= 0.3 is 0 Å². The fraction of sp³-hybridized carbons (Fsp3) is 0.525. The number of aromatic nitrogens is 3. The highest BCUT2D eigenvalue weighted by Crippen LogP contribution is 2.36. The minimum atomic E-state index is -2.25. The number of pyridine rings is 3. The number of anilines is 3. The highest BCUT2D eigenvalue weighted by molar-refractivity contribution is 6.02. The molecule has 3 aliphatic rings. The molecule has 3 aliphatic heterocycles. The summed E-state index contributed by atoms with van der Waals surface area (Å²) in [6, 6.07) is -6.14. The maximum absolute atomic E-state index is 15.6. The third-order valence-electron chi connectivity index (χ3n) is 21.8. The van der Waals surface area contributed by atoms with Gasteiger partial charge in [0.15, 0.2) is 28.9 Å². The van der Waals surface area contributed by atoms with Crippen LogP contribution in [0.5, 0.6) is 11.5 Å². The number of fused-ring (bicyclic) bond motifs is 5. The number of rotatable bonds is 40. The van der Waals surface area contributed by atoms with Gasteiger partial charge in [0, 0.05) is 128 Å².